The number of likely N-dealkylation sites (tertiary alicyclic amines) is 2. The minimum Gasteiger partial charge on any atom is -0.481 e. The van der Waals surface area contributed by atoms with Gasteiger partial charge in [0.05, 0.1) is 31.0 Å². The number of aromatic nitrogens is 4. The molecule has 1 aliphatic carbocycles. The highest BCUT2D eigenvalue weighted by Crippen LogP contribution is 2.54. The minimum absolute atomic E-state index is 0.119. The lowest BCUT2D eigenvalue weighted by Crippen LogP contribution is -2.63. The van der Waals surface area contributed by atoms with Gasteiger partial charge in [0.15, 0.2) is 18.2 Å². The third kappa shape index (κ3) is 6.16. The third-order valence-electron chi connectivity index (χ3n) is 13.5. The predicted octanol–water partition coefficient (Wildman–Crippen LogP) is 6.51. The van der Waals surface area contributed by atoms with Gasteiger partial charge in [-0.1, -0.05) is 12.6 Å². The number of aryl methyl sites for hydroxylation is 1. The highest BCUT2D eigenvalue weighted by atomic mass is 19.4. The van der Waals surface area contributed by atoms with E-state index in [0.717, 1.165) is 106 Å². The molecule has 6 aliphatic rings. The van der Waals surface area contributed by atoms with Gasteiger partial charge < -0.3 is 24.2 Å². The van der Waals surface area contributed by atoms with Gasteiger partial charge in [-0.2, -0.15) is 23.3 Å². The number of hydrogen-bond acceptors (Lipinski definition) is 9. The Kier molecular flexibility index (Phi) is 8.34. The zero-order chi connectivity index (χ0) is 38.6. The average molecular weight is 775 g/mol. The summed E-state index contributed by atoms with van der Waals surface area (Å²) >= 11 is 0. The van der Waals surface area contributed by atoms with E-state index < -0.39 is 24.5 Å². The Morgan fingerprint density at radius 2 is 1.66 bits per heavy atom. The molecule has 56 heavy (non-hydrogen) atoms. The molecule has 1 amide bonds. The van der Waals surface area contributed by atoms with E-state index in [1.54, 1.807) is 6.20 Å². The first-order valence-electron chi connectivity index (χ1n) is 19.8. The molecule has 0 unspecified atom stereocenters. The Bertz CT molecular complexity index is 2220. The first-order chi connectivity index (χ1) is 26.9. The van der Waals surface area contributed by atoms with Crippen LogP contribution in [0.15, 0.2) is 36.8 Å². The molecule has 2 aromatic heterocycles. The number of aromatic amines is 1. The monoisotopic (exact) mass is 774 g/mol. The number of amides is 1. The number of carbonyl (C=O) groups is 1. The fourth-order valence-corrected chi connectivity index (χ4v) is 9.95. The molecule has 0 radical (unpaired) electrons. The molecule has 0 bridgehead atoms. The summed E-state index contributed by atoms with van der Waals surface area (Å²) in [6, 6.07) is 6.52. The van der Waals surface area contributed by atoms with Gasteiger partial charge in [0.2, 0.25) is 5.95 Å². The summed E-state index contributed by atoms with van der Waals surface area (Å²) in [7, 11) is 0. The van der Waals surface area contributed by atoms with Crippen molar-refractivity contribution in [3.8, 4) is 16.9 Å². The van der Waals surface area contributed by atoms with Crippen molar-refractivity contribution >= 4 is 39.5 Å². The van der Waals surface area contributed by atoms with Crippen LogP contribution in [0.2, 0.25) is 0 Å². The van der Waals surface area contributed by atoms with Gasteiger partial charge in [-0.25, -0.2) is 9.37 Å². The van der Waals surface area contributed by atoms with Crippen molar-refractivity contribution in [3.63, 3.8) is 0 Å². The SMILES string of the molecule is C=C(F)C(=O)N1CC2(CCN(c3nc(N4CC5(CCN(C6COC6)CC5)C4)nc4c(OCC(F)(F)F)c(-c5c(C)ccc6[nH]ncc56)c(C5CC5)cc34)CC2)C1. The summed E-state index contributed by atoms with van der Waals surface area (Å²) in [4.78, 5) is 31.1. The fraction of sp³-hybridized carbons (Fsp3) is 0.561. The van der Waals surface area contributed by atoms with Crippen LogP contribution in [0.25, 0.3) is 32.9 Å². The average Bonchev–Trinajstić information content (AvgIpc) is 3.86. The molecule has 5 saturated heterocycles. The molecule has 296 valence electrons. The zero-order valence-electron chi connectivity index (χ0n) is 31.6. The molecular weight excluding hydrogens is 728 g/mol. The van der Waals surface area contributed by atoms with Crippen LogP contribution < -0.4 is 14.5 Å². The largest absolute Gasteiger partial charge is 0.481 e. The van der Waals surface area contributed by atoms with Crippen LogP contribution in [-0.4, -0.2) is 120 Å². The van der Waals surface area contributed by atoms with Crippen molar-refractivity contribution in [1.82, 2.24) is 30.0 Å². The van der Waals surface area contributed by atoms with Gasteiger partial charge in [0, 0.05) is 66.4 Å². The van der Waals surface area contributed by atoms with Crippen molar-refractivity contribution in [3.05, 3.63) is 47.9 Å². The van der Waals surface area contributed by atoms with Crippen LogP contribution in [0.5, 0.6) is 5.75 Å². The standard InChI is InChI=1S/C41H46F4N8O3/c1-24-3-6-31-30(16-46-49-31)32(24)33-28(26-4-5-26)15-29-34(35(33)56-23-41(43,44)45)47-38(53-21-40(22-53)7-11-50(12-8-40)27-17-55-18-27)48-36(29)51-13-9-39(10-14-51)19-52(20-39)37(54)25(2)42/h3,6,15-16,26-27H,2,4-5,7-14,17-23H2,1H3,(H,46,49). The Morgan fingerprint density at radius 3 is 2.30 bits per heavy atom. The maximum atomic E-state index is 14.2. The second kappa shape index (κ2) is 13.0. The minimum atomic E-state index is -4.58. The van der Waals surface area contributed by atoms with Gasteiger partial charge in [0.1, 0.15) is 11.3 Å². The molecule has 5 aliphatic heterocycles. The summed E-state index contributed by atoms with van der Waals surface area (Å²) < 4.78 is 67.6. The van der Waals surface area contributed by atoms with Gasteiger partial charge in [0.25, 0.3) is 5.91 Å². The predicted molar refractivity (Wildman–Crippen MR) is 204 cm³/mol. The Labute approximate surface area is 322 Å². The first-order valence-corrected chi connectivity index (χ1v) is 19.8. The highest BCUT2D eigenvalue weighted by Gasteiger charge is 2.49. The van der Waals surface area contributed by atoms with Crippen molar-refractivity contribution in [2.45, 2.75) is 63.6 Å². The van der Waals surface area contributed by atoms with E-state index in [0.29, 0.717) is 60.5 Å². The van der Waals surface area contributed by atoms with E-state index in [2.05, 4.69) is 37.5 Å². The summed E-state index contributed by atoms with van der Waals surface area (Å²) in [6.45, 7) is 11.1. The molecule has 2 spiro atoms. The Morgan fingerprint density at radius 1 is 0.964 bits per heavy atom. The van der Waals surface area contributed by atoms with Gasteiger partial charge in [-0.05, 0) is 93.3 Å². The van der Waals surface area contributed by atoms with E-state index in [4.69, 9.17) is 19.4 Å². The second-order valence-corrected chi connectivity index (χ2v) is 17.3. The van der Waals surface area contributed by atoms with E-state index in [1.165, 1.54) is 4.90 Å². The fourth-order valence-electron chi connectivity index (χ4n) is 9.95. The van der Waals surface area contributed by atoms with E-state index in [9.17, 15) is 22.4 Å². The second-order valence-electron chi connectivity index (χ2n) is 17.3. The van der Waals surface area contributed by atoms with Crippen LogP contribution in [0.1, 0.15) is 55.6 Å². The maximum Gasteiger partial charge on any atom is 0.422 e. The van der Waals surface area contributed by atoms with Gasteiger partial charge in [-0.3, -0.25) is 14.8 Å². The Balaban J connectivity index is 1.07. The lowest BCUT2D eigenvalue weighted by atomic mass is 9.71. The van der Waals surface area contributed by atoms with Gasteiger partial charge in [-0.15, -0.1) is 0 Å². The van der Waals surface area contributed by atoms with Crippen LogP contribution in [0.3, 0.4) is 0 Å². The first kappa shape index (κ1) is 35.9. The number of carbonyl (C=O) groups excluding carboxylic acids is 1. The number of hydrogen-bond donors (Lipinski definition) is 1. The maximum absolute atomic E-state index is 14.2. The number of benzene rings is 2. The van der Waals surface area contributed by atoms with Crippen molar-refractivity contribution in [2.75, 3.05) is 82.0 Å². The quantitative estimate of drug-likeness (QED) is 0.159. The van der Waals surface area contributed by atoms with Crippen molar-refractivity contribution in [1.29, 1.82) is 0 Å². The topological polar surface area (TPSA) is 103 Å². The van der Waals surface area contributed by atoms with E-state index in [1.807, 2.05) is 19.1 Å². The molecule has 0 atom stereocenters. The number of ether oxygens (including phenoxy) is 2. The Hall–Kier alpha value is -4.50. The van der Waals surface area contributed by atoms with Crippen LogP contribution >= 0.6 is 0 Å². The van der Waals surface area contributed by atoms with Gasteiger partial charge >= 0.3 is 6.18 Å². The summed E-state index contributed by atoms with van der Waals surface area (Å²) in [6.07, 6.45) is 2.64. The van der Waals surface area contributed by atoms with Crippen LogP contribution in [-0.2, 0) is 9.53 Å². The number of H-pyrrole nitrogens is 1. The zero-order valence-corrected chi connectivity index (χ0v) is 31.6. The number of halogens is 4. The lowest BCUT2D eigenvalue weighted by molar-refractivity contribution is -0.153. The summed E-state index contributed by atoms with van der Waals surface area (Å²) in [5.41, 5.74) is 4.45. The number of nitrogens with one attached hydrogen (secondary N) is 1. The molecule has 1 N–H and O–H groups in total. The number of piperidine rings is 2. The molecule has 1 saturated carbocycles. The molecule has 15 heteroatoms. The molecular formula is C41H46F4N8O3. The summed E-state index contributed by atoms with van der Waals surface area (Å²) in [5.74, 6) is -0.142. The van der Waals surface area contributed by atoms with Crippen molar-refractivity contribution < 1.29 is 31.8 Å². The number of rotatable bonds is 8. The normalized spacial score (nSPS) is 22.4. The number of fused-ring (bicyclic) bond motifs is 2. The smallest absolute Gasteiger partial charge is 0.422 e. The summed E-state index contributed by atoms with van der Waals surface area (Å²) in [5, 5.41) is 8.82. The molecule has 4 aromatic rings. The lowest BCUT2D eigenvalue weighted by Gasteiger charge is -2.55. The van der Waals surface area contributed by atoms with E-state index in [-0.39, 0.29) is 22.5 Å². The molecule has 10 rings (SSSR count). The van der Waals surface area contributed by atoms with Crippen LogP contribution in [0, 0.1) is 17.8 Å². The van der Waals surface area contributed by atoms with Crippen LogP contribution in [0.4, 0.5) is 29.3 Å². The van der Waals surface area contributed by atoms with Crippen molar-refractivity contribution in [2.24, 2.45) is 10.8 Å². The highest BCUT2D eigenvalue weighted by molar-refractivity contribution is 6.06. The van der Waals surface area contributed by atoms with E-state index >= 15 is 0 Å². The number of alkyl halides is 3. The third-order valence-corrected chi connectivity index (χ3v) is 13.5. The number of anilines is 2. The molecule has 2 aromatic carbocycles. The number of nitrogens with zero attached hydrogens (tertiary/aromatic N) is 7. The molecule has 6 fully saturated rings. The molecule has 11 nitrogen and oxygen atoms in total. The molecule has 7 heterocycles.